The Labute approximate surface area is 140 Å². The van der Waals surface area contributed by atoms with Gasteiger partial charge in [-0.3, -0.25) is 14.7 Å². The molecule has 1 saturated carbocycles. The number of nitrogens with zero attached hydrogens (tertiary/aromatic N) is 2. The van der Waals surface area contributed by atoms with E-state index in [2.05, 4.69) is 15.2 Å². The SMILES string of the molecule is Cc1cc(=O)cc(C2CCCN(C(=O)c3cc(C4CC4)[nH]n3)C2)[nH]1. The molecule has 6 heteroatoms. The molecule has 1 unspecified atom stereocenters. The summed E-state index contributed by atoms with van der Waals surface area (Å²) < 4.78 is 0. The standard InChI is InChI=1S/C18H22N4O2/c1-11-7-14(23)8-15(19-11)13-3-2-6-22(10-13)18(24)17-9-16(20-21-17)12-4-5-12/h7-9,12-13H,2-6,10H2,1H3,(H,19,23)(H,20,21). The van der Waals surface area contributed by atoms with E-state index in [1.54, 1.807) is 12.1 Å². The molecule has 3 heterocycles. The Balaban J connectivity index is 1.51. The van der Waals surface area contributed by atoms with Gasteiger partial charge in [0.05, 0.1) is 0 Å². The van der Waals surface area contributed by atoms with E-state index in [0.29, 0.717) is 18.2 Å². The molecule has 2 aromatic heterocycles. The summed E-state index contributed by atoms with van der Waals surface area (Å²) in [5.74, 6) is 0.723. The number of aryl methyl sites for hydroxylation is 1. The maximum absolute atomic E-state index is 12.7. The van der Waals surface area contributed by atoms with Crippen molar-refractivity contribution in [3.63, 3.8) is 0 Å². The molecule has 0 radical (unpaired) electrons. The monoisotopic (exact) mass is 326 g/mol. The van der Waals surface area contributed by atoms with E-state index >= 15 is 0 Å². The summed E-state index contributed by atoms with van der Waals surface area (Å²) in [5, 5.41) is 7.21. The number of likely N-dealkylation sites (tertiary alicyclic amines) is 1. The van der Waals surface area contributed by atoms with Gasteiger partial charge < -0.3 is 9.88 Å². The fourth-order valence-electron chi connectivity index (χ4n) is 3.56. The smallest absolute Gasteiger partial charge is 0.274 e. The number of hydrogen-bond donors (Lipinski definition) is 2. The fraction of sp³-hybridized carbons (Fsp3) is 0.500. The number of carbonyl (C=O) groups excluding carboxylic acids is 1. The number of nitrogens with one attached hydrogen (secondary N) is 2. The van der Waals surface area contributed by atoms with Crippen LogP contribution in [0, 0.1) is 6.92 Å². The molecule has 0 spiro atoms. The van der Waals surface area contributed by atoms with Crippen molar-refractivity contribution in [2.24, 2.45) is 0 Å². The summed E-state index contributed by atoms with van der Waals surface area (Å²) in [6.45, 7) is 3.26. The van der Waals surface area contributed by atoms with Gasteiger partial charge in [0.2, 0.25) is 0 Å². The molecule has 4 rings (SSSR count). The van der Waals surface area contributed by atoms with E-state index in [4.69, 9.17) is 0 Å². The Morgan fingerprint density at radius 2 is 2.00 bits per heavy atom. The second-order valence-corrected chi connectivity index (χ2v) is 7.03. The minimum absolute atomic E-state index is 0.0159. The Morgan fingerprint density at radius 3 is 2.75 bits per heavy atom. The molecule has 2 aromatic rings. The van der Waals surface area contributed by atoms with Crippen LogP contribution in [-0.2, 0) is 0 Å². The normalized spacial score (nSPS) is 21.0. The van der Waals surface area contributed by atoms with Crippen molar-refractivity contribution in [1.29, 1.82) is 0 Å². The number of amides is 1. The zero-order chi connectivity index (χ0) is 16.7. The van der Waals surface area contributed by atoms with E-state index in [1.807, 2.05) is 17.9 Å². The van der Waals surface area contributed by atoms with Crippen LogP contribution in [0.5, 0.6) is 0 Å². The maximum atomic E-state index is 12.7. The number of hydrogen-bond acceptors (Lipinski definition) is 3. The molecule has 1 aliphatic heterocycles. The Kier molecular flexibility index (Phi) is 3.75. The Bertz CT molecular complexity index is 818. The van der Waals surface area contributed by atoms with E-state index in [9.17, 15) is 9.59 Å². The highest BCUT2D eigenvalue weighted by molar-refractivity contribution is 5.92. The zero-order valence-electron chi connectivity index (χ0n) is 13.8. The zero-order valence-corrected chi connectivity index (χ0v) is 13.8. The van der Waals surface area contributed by atoms with Gasteiger partial charge >= 0.3 is 0 Å². The molecule has 6 nitrogen and oxygen atoms in total. The molecule has 1 saturated heterocycles. The molecule has 2 aliphatic rings. The van der Waals surface area contributed by atoms with Gasteiger partial charge in [0.25, 0.3) is 5.91 Å². The highest BCUT2D eigenvalue weighted by Crippen LogP contribution is 2.39. The van der Waals surface area contributed by atoms with E-state index < -0.39 is 0 Å². The van der Waals surface area contributed by atoms with Gasteiger partial charge in [-0.05, 0) is 38.7 Å². The van der Waals surface area contributed by atoms with Crippen molar-refractivity contribution in [3.8, 4) is 0 Å². The van der Waals surface area contributed by atoms with Crippen LogP contribution in [0.25, 0.3) is 0 Å². The first-order chi connectivity index (χ1) is 11.6. The molecular formula is C18H22N4O2. The first-order valence-electron chi connectivity index (χ1n) is 8.65. The molecule has 24 heavy (non-hydrogen) atoms. The molecule has 1 amide bonds. The average Bonchev–Trinajstić information content (AvgIpc) is 3.31. The number of pyridine rings is 1. The number of piperidine rings is 1. The third kappa shape index (κ3) is 3.00. The third-order valence-electron chi connectivity index (χ3n) is 4.98. The van der Waals surface area contributed by atoms with E-state index in [0.717, 1.165) is 36.5 Å². The summed E-state index contributed by atoms with van der Waals surface area (Å²) in [4.78, 5) is 29.6. The third-order valence-corrected chi connectivity index (χ3v) is 4.98. The summed E-state index contributed by atoms with van der Waals surface area (Å²) in [7, 11) is 0. The van der Waals surface area contributed by atoms with Gasteiger partial charge in [-0.25, -0.2) is 0 Å². The van der Waals surface area contributed by atoms with Crippen molar-refractivity contribution in [2.75, 3.05) is 13.1 Å². The van der Waals surface area contributed by atoms with Crippen molar-refractivity contribution >= 4 is 5.91 Å². The molecule has 0 bridgehead atoms. The van der Waals surface area contributed by atoms with Crippen LogP contribution in [0.1, 0.15) is 65.1 Å². The van der Waals surface area contributed by atoms with Gasteiger partial charge in [-0.15, -0.1) is 0 Å². The fourth-order valence-corrected chi connectivity index (χ4v) is 3.56. The molecule has 1 atom stereocenters. The van der Waals surface area contributed by atoms with Gasteiger partial charge in [0.15, 0.2) is 5.43 Å². The summed E-state index contributed by atoms with van der Waals surface area (Å²) in [6, 6.07) is 5.15. The lowest BCUT2D eigenvalue weighted by atomic mass is 9.94. The lowest BCUT2D eigenvalue weighted by molar-refractivity contribution is 0.0700. The predicted octanol–water partition coefficient (Wildman–Crippen LogP) is 2.30. The lowest BCUT2D eigenvalue weighted by Crippen LogP contribution is -2.39. The Hall–Kier alpha value is -2.37. The molecular weight excluding hydrogens is 304 g/mol. The lowest BCUT2D eigenvalue weighted by Gasteiger charge is -2.32. The number of H-pyrrole nitrogens is 2. The quantitative estimate of drug-likeness (QED) is 0.908. The van der Waals surface area contributed by atoms with Gasteiger partial charge in [0.1, 0.15) is 5.69 Å². The largest absolute Gasteiger partial charge is 0.362 e. The van der Waals surface area contributed by atoms with Crippen molar-refractivity contribution < 1.29 is 4.79 Å². The van der Waals surface area contributed by atoms with Crippen molar-refractivity contribution in [1.82, 2.24) is 20.1 Å². The van der Waals surface area contributed by atoms with Crippen LogP contribution in [0.4, 0.5) is 0 Å². The molecule has 2 N–H and O–H groups in total. The predicted molar refractivity (Wildman–Crippen MR) is 90.2 cm³/mol. The van der Waals surface area contributed by atoms with Crippen molar-refractivity contribution in [2.45, 2.75) is 44.4 Å². The average molecular weight is 326 g/mol. The van der Waals surface area contributed by atoms with Gasteiger partial charge in [-0.1, -0.05) is 0 Å². The highest BCUT2D eigenvalue weighted by Gasteiger charge is 2.30. The van der Waals surface area contributed by atoms with E-state index in [-0.39, 0.29) is 17.3 Å². The van der Waals surface area contributed by atoms with Crippen LogP contribution < -0.4 is 5.43 Å². The summed E-state index contributed by atoms with van der Waals surface area (Å²) in [6.07, 6.45) is 4.29. The summed E-state index contributed by atoms with van der Waals surface area (Å²) in [5.41, 5.74) is 3.40. The minimum atomic E-state index is -0.0159. The molecule has 126 valence electrons. The molecule has 1 aliphatic carbocycles. The number of carbonyl (C=O) groups is 1. The van der Waals surface area contributed by atoms with Crippen molar-refractivity contribution in [3.05, 3.63) is 51.2 Å². The topological polar surface area (TPSA) is 81.8 Å². The first kappa shape index (κ1) is 15.2. The van der Waals surface area contributed by atoms with E-state index in [1.165, 1.54) is 12.8 Å². The second kappa shape index (κ2) is 5.92. The van der Waals surface area contributed by atoms with Crippen LogP contribution in [0.15, 0.2) is 23.0 Å². The van der Waals surface area contributed by atoms with Gasteiger partial charge in [0, 0.05) is 54.1 Å². The number of aromatic nitrogens is 3. The molecule has 0 aromatic carbocycles. The highest BCUT2D eigenvalue weighted by atomic mass is 16.2. The number of rotatable bonds is 3. The summed E-state index contributed by atoms with van der Waals surface area (Å²) >= 11 is 0. The van der Waals surface area contributed by atoms with Crippen LogP contribution in [0.2, 0.25) is 0 Å². The van der Waals surface area contributed by atoms with Crippen LogP contribution in [0.3, 0.4) is 0 Å². The maximum Gasteiger partial charge on any atom is 0.274 e. The minimum Gasteiger partial charge on any atom is -0.362 e. The van der Waals surface area contributed by atoms with Crippen LogP contribution in [-0.4, -0.2) is 39.1 Å². The Morgan fingerprint density at radius 1 is 1.17 bits per heavy atom. The van der Waals surface area contributed by atoms with Gasteiger partial charge in [-0.2, -0.15) is 5.10 Å². The first-order valence-corrected chi connectivity index (χ1v) is 8.65. The van der Waals surface area contributed by atoms with Crippen LogP contribution >= 0.6 is 0 Å². The second-order valence-electron chi connectivity index (χ2n) is 7.03. The molecule has 2 fully saturated rings. The number of aromatic amines is 2.